The molecule has 0 aliphatic heterocycles. The summed E-state index contributed by atoms with van der Waals surface area (Å²) in [7, 11) is 0. The van der Waals surface area contributed by atoms with Crippen LogP contribution in [0.5, 0.6) is 0 Å². The fraction of sp³-hybridized carbons (Fsp3) is 1.00. The van der Waals surface area contributed by atoms with Crippen molar-refractivity contribution in [2.45, 2.75) is 72.3 Å². The Kier molecular flexibility index (Phi) is 4.22. The van der Waals surface area contributed by atoms with Crippen LogP contribution in [0.4, 0.5) is 0 Å². The fourth-order valence-corrected chi connectivity index (χ4v) is 2.67. The quantitative estimate of drug-likeness (QED) is 0.741. The van der Waals surface area contributed by atoms with E-state index in [2.05, 4.69) is 39.9 Å². The molecule has 15 heavy (non-hydrogen) atoms. The number of rotatable bonds is 4. The van der Waals surface area contributed by atoms with Gasteiger partial charge in [0, 0.05) is 5.54 Å². The highest BCUT2D eigenvalue weighted by molar-refractivity contribution is 4.83. The smallest absolute Gasteiger partial charge is 0.00965 e. The second-order valence-electron chi connectivity index (χ2n) is 6.90. The maximum atomic E-state index is 3.60. The van der Waals surface area contributed by atoms with Gasteiger partial charge in [-0.25, -0.2) is 0 Å². The number of hydrogen-bond donors (Lipinski definition) is 1. The molecule has 0 saturated heterocycles. The Bertz CT molecular complexity index is 182. The molecular weight excluding hydrogens is 182 g/mol. The third-order valence-electron chi connectivity index (χ3n) is 3.89. The van der Waals surface area contributed by atoms with E-state index in [4.69, 9.17) is 0 Å². The van der Waals surface area contributed by atoms with Gasteiger partial charge in [-0.2, -0.15) is 0 Å². The lowest BCUT2D eigenvalue weighted by Crippen LogP contribution is -2.38. The zero-order valence-corrected chi connectivity index (χ0v) is 11.3. The molecule has 1 aliphatic rings. The lowest BCUT2D eigenvalue weighted by Gasteiger charge is -2.33. The summed E-state index contributed by atoms with van der Waals surface area (Å²) >= 11 is 0. The van der Waals surface area contributed by atoms with Crippen molar-refractivity contribution in [1.29, 1.82) is 0 Å². The highest BCUT2D eigenvalue weighted by Crippen LogP contribution is 2.41. The minimum Gasteiger partial charge on any atom is -0.312 e. The summed E-state index contributed by atoms with van der Waals surface area (Å²) in [5, 5.41) is 3.60. The zero-order chi connectivity index (χ0) is 11.5. The second kappa shape index (κ2) is 4.86. The van der Waals surface area contributed by atoms with Crippen LogP contribution in [0.3, 0.4) is 0 Å². The molecule has 1 fully saturated rings. The number of hydrogen-bond acceptors (Lipinski definition) is 1. The molecule has 0 aromatic carbocycles. The highest BCUT2D eigenvalue weighted by Gasteiger charge is 2.31. The normalized spacial score (nSPS) is 19.8. The largest absolute Gasteiger partial charge is 0.312 e. The Labute approximate surface area is 96.0 Å². The van der Waals surface area contributed by atoms with Crippen molar-refractivity contribution >= 4 is 0 Å². The van der Waals surface area contributed by atoms with Gasteiger partial charge in [-0.05, 0) is 57.9 Å². The van der Waals surface area contributed by atoms with E-state index in [-0.39, 0.29) is 5.54 Å². The van der Waals surface area contributed by atoms with E-state index < -0.39 is 0 Å². The molecule has 1 rings (SSSR count). The standard InChI is InChI=1S/C14H29N/c1-13(2,3)15-11-10-14(4,5)12-8-6-7-9-12/h12,15H,6-11H2,1-5H3. The first-order chi connectivity index (χ1) is 6.81. The third-order valence-corrected chi connectivity index (χ3v) is 3.89. The van der Waals surface area contributed by atoms with Crippen LogP contribution in [0.1, 0.15) is 66.7 Å². The van der Waals surface area contributed by atoms with Gasteiger partial charge in [0.1, 0.15) is 0 Å². The molecule has 1 saturated carbocycles. The Morgan fingerprint density at radius 1 is 1.00 bits per heavy atom. The second-order valence-corrected chi connectivity index (χ2v) is 6.90. The van der Waals surface area contributed by atoms with Gasteiger partial charge in [-0.15, -0.1) is 0 Å². The van der Waals surface area contributed by atoms with Crippen LogP contribution in [0.2, 0.25) is 0 Å². The van der Waals surface area contributed by atoms with E-state index in [1.165, 1.54) is 32.1 Å². The Hall–Kier alpha value is -0.0400. The summed E-state index contributed by atoms with van der Waals surface area (Å²) in [6.07, 6.45) is 7.15. The summed E-state index contributed by atoms with van der Waals surface area (Å²) in [6.45, 7) is 12.8. The van der Waals surface area contributed by atoms with Crippen LogP contribution >= 0.6 is 0 Å². The molecule has 90 valence electrons. The molecule has 0 atom stereocenters. The molecule has 1 N–H and O–H groups in total. The Morgan fingerprint density at radius 2 is 1.53 bits per heavy atom. The van der Waals surface area contributed by atoms with Crippen LogP contribution in [0.25, 0.3) is 0 Å². The van der Waals surface area contributed by atoms with Crippen molar-refractivity contribution in [3.63, 3.8) is 0 Å². The third kappa shape index (κ3) is 4.55. The van der Waals surface area contributed by atoms with E-state index >= 15 is 0 Å². The molecule has 1 nitrogen and oxygen atoms in total. The van der Waals surface area contributed by atoms with Gasteiger partial charge in [0.2, 0.25) is 0 Å². The van der Waals surface area contributed by atoms with Gasteiger partial charge in [-0.3, -0.25) is 0 Å². The van der Waals surface area contributed by atoms with Gasteiger partial charge >= 0.3 is 0 Å². The molecule has 0 unspecified atom stereocenters. The monoisotopic (exact) mass is 211 g/mol. The molecule has 0 bridgehead atoms. The predicted octanol–water partition coefficient (Wildman–Crippen LogP) is 3.98. The maximum Gasteiger partial charge on any atom is 0.00965 e. The summed E-state index contributed by atoms with van der Waals surface area (Å²) in [5.41, 5.74) is 0.806. The van der Waals surface area contributed by atoms with Gasteiger partial charge < -0.3 is 5.32 Å². The first kappa shape index (κ1) is 13.0. The molecule has 0 heterocycles. The van der Waals surface area contributed by atoms with Crippen LogP contribution in [-0.4, -0.2) is 12.1 Å². The molecule has 0 aromatic heterocycles. The molecule has 0 radical (unpaired) electrons. The zero-order valence-electron chi connectivity index (χ0n) is 11.3. The first-order valence-electron chi connectivity index (χ1n) is 6.56. The lowest BCUT2D eigenvalue weighted by atomic mass is 9.75. The average molecular weight is 211 g/mol. The van der Waals surface area contributed by atoms with E-state index in [1.54, 1.807) is 0 Å². The van der Waals surface area contributed by atoms with Crippen LogP contribution in [-0.2, 0) is 0 Å². The van der Waals surface area contributed by atoms with Gasteiger partial charge in [-0.1, -0.05) is 26.7 Å². The van der Waals surface area contributed by atoms with E-state index in [9.17, 15) is 0 Å². The van der Waals surface area contributed by atoms with Crippen LogP contribution in [0, 0.1) is 11.3 Å². The van der Waals surface area contributed by atoms with Crippen molar-refractivity contribution in [3.05, 3.63) is 0 Å². The summed E-state index contributed by atoms with van der Waals surface area (Å²) in [6, 6.07) is 0. The molecular formula is C14H29N. The summed E-state index contributed by atoms with van der Waals surface area (Å²) in [5.74, 6) is 0.972. The van der Waals surface area contributed by atoms with Gasteiger partial charge in [0.15, 0.2) is 0 Å². The first-order valence-corrected chi connectivity index (χ1v) is 6.56. The van der Waals surface area contributed by atoms with Gasteiger partial charge in [0.05, 0.1) is 0 Å². The number of nitrogens with one attached hydrogen (secondary N) is 1. The summed E-state index contributed by atoms with van der Waals surface area (Å²) < 4.78 is 0. The minimum atomic E-state index is 0.270. The fourth-order valence-electron chi connectivity index (χ4n) is 2.67. The Balaban J connectivity index is 2.29. The minimum absolute atomic E-state index is 0.270. The maximum absolute atomic E-state index is 3.60. The van der Waals surface area contributed by atoms with E-state index in [0.29, 0.717) is 5.41 Å². The van der Waals surface area contributed by atoms with E-state index in [1.807, 2.05) is 0 Å². The van der Waals surface area contributed by atoms with Crippen molar-refractivity contribution in [2.75, 3.05) is 6.54 Å². The van der Waals surface area contributed by atoms with Gasteiger partial charge in [0.25, 0.3) is 0 Å². The van der Waals surface area contributed by atoms with Crippen molar-refractivity contribution < 1.29 is 0 Å². The molecule has 1 aliphatic carbocycles. The van der Waals surface area contributed by atoms with Crippen LogP contribution < -0.4 is 5.32 Å². The SMILES string of the molecule is CC(C)(C)NCCC(C)(C)C1CCCC1. The molecule has 0 amide bonds. The molecule has 0 spiro atoms. The Morgan fingerprint density at radius 3 is 2.00 bits per heavy atom. The van der Waals surface area contributed by atoms with Crippen molar-refractivity contribution in [2.24, 2.45) is 11.3 Å². The topological polar surface area (TPSA) is 12.0 Å². The molecule has 1 heteroatoms. The predicted molar refractivity (Wildman–Crippen MR) is 68.1 cm³/mol. The average Bonchev–Trinajstić information content (AvgIpc) is 2.52. The van der Waals surface area contributed by atoms with Crippen LogP contribution in [0.15, 0.2) is 0 Å². The van der Waals surface area contributed by atoms with Crippen molar-refractivity contribution in [3.8, 4) is 0 Å². The lowest BCUT2D eigenvalue weighted by molar-refractivity contribution is 0.191. The van der Waals surface area contributed by atoms with E-state index in [0.717, 1.165) is 12.5 Å². The molecule has 0 aromatic rings. The highest BCUT2D eigenvalue weighted by atomic mass is 14.9. The summed E-state index contributed by atoms with van der Waals surface area (Å²) in [4.78, 5) is 0. The van der Waals surface area contributed by atoms with Crippen molar-refractivity contribution in [1.82, 2.24) is 5.32 Å².